The predicted molar refractivity (Wildman–Crippen MR) is 141 cm³/mol. The third-order valence-corrected chi connectivity index (χ3v) is 5.96. The van der Waals surface area contributed by atoms with E-state index in [0.29, 0.717) is 0 Å². The van der Waals surface area contributed by atoms with Crippen molar-refractivity contribution in [1.82, 2.24) is 25.0 Å². The van der Waals surface area contributed by atoms with Crippen LogP contribution in [0.3, 0.4) is 0 Å². The van der Waals surface area contributed by atoms with Crippen molar-refractivity contribution in [2.45, 2.75) is 26.9 Å². The molecule has 0 radical (unpaired) electrons. The van der Waals surface area contributed by atoms with Gasteiger partial charge < -0.3 is 15.1 Å². The van der Waals surface area contributed by atoms with Crippen LogP contribution in [-0.2, 0) is 13.1 Å². The Balaban J connectivity index is 0.00000289. The van der Waals surface area contributed by atoms with Crippen LogP contribution in [0.25, 0.3) is 0 Å². The summed E-state index contributed by atoms with van der Waals surface area (Å²) < 4.78 is 1.83. The number of rotatable bonds is 5. The van der Waals surface area contributed by atoms with Gasteiger partial charge in [0.05, 0.1) is 6.54 Å². The number of aromatic nitrogens is 3. The van der Waals surface area contributed by atoms with Crippen molar-refractivity contribution in [1.29, 1.82) is 0 Å². The summed E-state index contributed by atoms with van der Waals surface area (Å²) in [5.41, 5.74) is 6.52. The quantitative estimate of drug-likeness (QED) is 0.303. The summed E-state index contributed by atoms with van der Waals surface area (Å²) in [4.78, 5) is 13.4. The zero-order valence-electron chi connectivity index (χ0n) is 19.0. The summed E-state index contributed by atoms with van der Waals surface area (Å²) in [6.45, 7) is 9.78. The molecule has 32 heavy (non-hydrogen) atoms. The van der Waals surface area contributed by atoms with E-state index in [-0.39, 0.29) is 24.0 Å². The molecule has 1 aliphatic heterocycles. The lowest BCUT2D eigenvalue weighted by Crippen LogP contribution is -2.52. The van der Waals surface area contributed by atoms with E-state index in [1.165, 1.54) is 27.9 Å². The van der Waals surface area contributed by atoms with E-state index in [1.54, 1.807) is 12.7 Å². The third-order valence-electron chi connectivity index (χ3n) is 5.96. The van der Waals surface area contributed by atoms with E-state index < -0.39 is 0 Å². The van der Waals surface area contributed by atoms with Crippen LogP contribution in [0.1, 0.15) is 22.3 Å². The molecule has 0 bridgehead atoms. The smallest absolute Gasteiger partial charge is 0.194 e. The van der Waals surface area contributed by atoms with Crippen molar-refractivity contribution in [2.24, 2.45) is 4.99 Å². The number of benzene rings is 2. The number of piperazine rings is 1. The van der Waals surface area contributed by atoms with Crippen molar-refractivity contribution < 1.29 is 0 Å². The molecule has 2 heterocycles. The lowest BCUT2D eigenvalue weighted by Gasteiger charge is -2.38. The van der Waals surface area contributed by atoms with E-state index in [2.05, 4.69) is 86.5 Å². The van der Waals surface area contributed by atoms with Crippen molar-refractivity contribution in [3.05, 3.63) is 77.4 Å². The lowest BCUT2D eigenvalue weighted by molar-refractivity contribution is 0.372. The molecule has 0 saturated carbocycles. The molecule has 1 aliphatic rings. The second kappa shape index (κ2) is 11.3. The maximum atomic E-state index is 4.53. The molecule has 3 aromatic rings. The molecule has 2 aromatic carbocycles. The number of hydrogen-bond donors (Lipinski definition) is 1. The van der Waals surface area contributed by atoms with Gasteiger partial charge in [0.15, 0.2) is 5.96 Å². The van der Waals surface area contributed by atoms with Crippen LogP contribution in [0.5, 0.6) is 0 Å². The van der Waals surface area contributed by atoms with Crippen molar-refractivity contribution in [3.8, 4) is 0 Å². The maximum Gasteiger partial charge on any atom is 0.194 e. The normalized spacial score (nSPS) is 14.3. The van der Waals surface area contributed by atoms with E-state index in [9.17, 15) is 0 Å². The lowest BCUT2D eigenvalue weighted by atomic mass is 10.1. The molecule has 1 aromatic heterocycles. The number of aliphatic imine (C=N–C) groups is 1. The molecule has 0 amide bonds. The van der Waals surface area contributed by atoms with E-state index in [4.69, 9.17) is 0 Å². The first-order valence-electron chi connectivity index (χ1n) is 10.8. The summed E-state index contributed by atoms with van der Waals surface area (Å²) >= 11 is 0. The first-order chi connectivity index (χ1) is 15.1. The van der Waals surface area contributed by atoms with Gasteiger partial charge in [0, 0.05) is 45.5 Å². The zero-order valence-corrected chi connectivity index (χ0v) is 21.4. The van der Waals surface area contributed by atoms with Gasteiger partial charge in [0.2, 0.25) is 0 Å². The zero-order chi connectivity index (χ0) is 21.6. The highest BCUT2D eigenvalue weighted by Crippen LogP contribution is 2.23. The van der Waals surface area contributed by atoms with Crippen molar-refractivity contribution in [3.63, 3.8) is 0 Å². The highest BCUT2D eigenvalue weighted by atomic mass is 127. The highest BCUT2D eigenvalue weighted by Gasteiger charge is 2.21. The summed E-state index contributed by atoms with van der Waals surface area (Å²) in [5.74, 6) is 0.960. The van der Waals surface area contributed by atoms with Gasteiger partial charge in [-0.1, -0.05) is 36.4 Å². The standard InChI is InChI=1S/C24H31N7.HI/c1-19-6-4-9-23(20(19)2)29-10-12-30(13-11-29)24(25-3)27-15-21-7-5-8-22(14-21)16-31-18-26-17-28-31;/h4-9,14,17-18H,10-13,15-16H2,1-3H3,(H,25,27);1H. The average molecular weight is 545 g/mol. The molecule has 0 atom stereocenters. The van der Waals surface area contributed by atoms with Gasteiger partial charge >= 0.3 is 0 Å². The molecule has 0 unspecified atom stereocenters. The van der Waals surface area contributed by atoms with Gasteiger partial charge in [-0.05, 0) is 42.2 Å². The largest absolute Gasteiger partial charge is 0.368 e. The predicted octanol–water partition coefficient (Wildman–Crippen LogP) is 3.46. The minimum absolute atomic E-state index is 0. The molecular weight excluding hydrogens is 513 g/mol. The number of nitrogens with zero attached hydrogens (tertiary/aromatic N) is 6. The molecule has 1 saturated heterocycles. The molecule has 8 heteroatoms. The van der Waals surface area contributed by atoms with Crippen LogP contribution >= 0.6 is 24.0 Å². The number of anilines is 1. The third kappa shape index (κ3) is 5.79. The van der Waals surface area contributed by atoms with E-state index in [1.807, 2.05) is 11.7 Å². The van der Waals surface area contributed by atoms with E-state index in [0.717, 1.165) is 45.2 Å². The number of halogens is 1. The topological polar surface area (TPSA) is 61.6 Å². The monoisotopic (exact) mass is 545 g/mol. The maximum absolute atomic E-state index is 4.53. The first-order valence-corrected chi connectivity index (χ1v) is 10.8. The highest BCUT2D eigenvalue weighted by molar-refractivity contribution is 14.0. The summed E-state index contributed by atoms with van der Waals surface area (Å²) in [6.07, 6.45) is 3.31. The number of guanidine groups is 1. The first kappa shape index (κ1) is 24.0. The van der Waals surface area contributed by atoms with Crippen LogP contribution in [0, 0.1) is 13.8 Å². The van der Waals surface area contributed by atoms with Crippen LogP contribution in [0.15, 0.2) is 60.1 Å². The Morgan fingerprint density at radius 1 is 1.03 bits per heavy atom. The van der Waals surface area contributed by atoms with Crippen molar-refractivity contribution in [2.75, 3.05) is 38.1 Å². The molecule has 1 N–H and O–H groups in total. The van der Waals surface area contributed by atoms with Gasteiger partial charge in [0.25, 0.3) is 0 Å². The fourth-order valence-corrected chi connectivity index (χ4v) is 4.09. The second-order valence-electron chi connectivity index (χ2n) is 8.01. The minimum atomic E-state index is 0. The molecule has 7 nitrogen and oxygen atoms in total. The Kier molecular flexibility index (Phi) is 8.49. The van der Waals surface area contributed by atoms with Crippen LogP contribution < -0.4 is 10.2 Å². The van der Waals surface area contributed by atoms with Crippen LogP contribution in [0.4, 0.5) is 5.69 Å². The van der Waals surface area contributed by atoms with Gasteiger partial charge in [-0.15, -0.1) is 24.0 Å². The average Bonchev–Trinajstić information content (AvgIpc) is 3.30. The van der Waals surface area contributed by atoms with Crippen LogP contribution in [-0.4, -0.2) is 58.9 Å². The van der Waals surface area contributed by atoms with Gasteiger partial charge in [-0.2, -0.15) is 5.10 Å². The fraction of sp³-hybridized carbons (Fsp3) is 0.375. The second-order valence-corrected chi connectivity index (χ2v) is 8.01. The van der Waals surface area contributed by atoms with E-state index >= 15 is 0 Å². The molecule has 4 rings (SSSR count). The summed E-state index contributed by atoms with van der Waals surface area (Å²) in [7, 11) is 1.86. The van der Waals surface area contributed by atoms with Gasteiger partial charge in [-0.3, -0.25) is 4.99 Å². The molecular formula is C24H32IN7. The Morgan fingerprint density at radius 3 is 2.50 bits per heavy atom. The molecule has 170 valence electrons. The summed E-state index contributed by atoms with van der Waals surface area (Å²) in [6, 6.07) is 15.1. The Bertz CT molecular complexity index is 1020. The summed E-state index contributed by atoms with van der Waals surface area (Å²) in [5, 5.41) is 7.73. The Morgan fingerprint density at radius 2 is 1.78 bits per heavy atom. The Labute approximate surface area is 207 Å². The van der Waals surface area contributed by atoms with Gasteiger partial charge in [0.1, 0.15) is 12.7 Å². The van der Waals surface area contributed by atoms with Crippen molar-refractivity contribution >= 4 is 35.6 Å². The van der Waals surface area contributed by atoms with Gasteiger partial charge in [-0.25, -0.2) is 9.67 Å². The SMILES string of the molecule is CN=C(NCc1cccc(Cn2cncn2)c1)N1CCN(c2cccc(C)c2C)CC1.I. The number of hydrogen-bond acceptors (Lipinski definition) is 4. The van der Waals surface area contributed by atoms with Crippen LogP contribution in [0.2, 0.25) is 0 Å². The molecule has 0 aliphatic carbocycles. The number of aryl methyl sites for hydroxylation is 1. The molecule has 0 spiro atoms. The fourth-order valence-electron chi connectivity index (χ4n) is 4.09. The Hall–Kier alpha value is -2.62. The minimum Gasteiger partial charge on any atom is -0.368 e. The number of nitrogens with one attached hydrogen (secondary N) is 1. The molecule has 1 fully saturated rings.